The number of hydrogen-bond acceptors (Lipinski definition) is 3. The van der Waals surface area contributed by atoms with Gasteiger partial charge in [-0.2, -0.15) is 0 Å². The van der Waals surface area contributed by atoms with Gasteiger partial charge in [0.15, 0.2) is 0 Å². The van der Waals surface area contributed by atoms with E-state index in [9.17, 15) is 4.79 Å². The van der Waals surface area contributed by atoms with E-state index in [4.69, 9.17) is 0 Å². The summed E-state index contributed by atoms with van der Waals surface area (Å²) >= 11 is 0. The molecule has 0 spiro atoms. The Labute approximate surface area is 70.2 Å². The molecule has 0 aliphatic carbocycles. The lowest BCUT2D eigenvalue weighted by molar-refractivity contribution is -0.133. The SMILES string of the molecule is COC(=O)C#Cc1cn(C)cn1. The number of esters is 1. The maximum Gasteiger partial charge on any atom is 0.384 e. The van der Waals surface area contributed by atoms with Gasteiger partial charge in [-0.3, -0.25) is 0 Å². The van der Waals surface area contributed by atoms with Gasteiger partial charge in [0, 0.05) is 19.2 Å². The molecule has 0 aliphatic heterocycles. The third-order valence-corrected chi connectivity index (χ3v) is 1.18. The van der Waals surface area contributed by atoms with E-state index in [1.807, 2.05) is 7.05 Å². The van der Waals surface area contributed by atoms with Crippen molar-refractivity contribution in [3.8, 4) is 11.8 Å². The number of ether oxygens (including phenoxy) is 1. The number of carbonyl (C=O) groups excluding carboxylic acids is 1. The zero-order valence-corrected chi connectivity index (χ0v) is 6.87. The van der Waals surface area contributed by atoms with Crippen molar-refractivity contribution < 1.29 is 9.53 Å². The van der Waals surface area contributed by atoms with Crippen LogP contribution in [0.3, 0.4) is 0 Å². The van der Waals surface area contributed by atoms with Gasteiger partial charge in [-0.25, -0.2) is 9.78 Å². The average Bonchev–Trinajstić information content (AvgIpc) is 2.47. The molecule has 1 heterocycles. The topological polar surface area (TPSA) is 44.1 Å². The second kappa shape index (κ2) is 3.58. The zero-order valence-electron chi connectivity index (χ0n) is 6.87. The van der Waals surface area contributed by atoms with Crippen LogP contribution in [0, 0.1) is 11.8 Å². The number of rotatable bonds is 0. The van der Waals surface area contributed by atoms with E-state index in [1.165, 1.54) is 7.11 Å². The summed E-state index contributed by atoms with van der Waals surface area (Å²) in [5.41, 5.74) is 0.558. The number of imidazole rings is 1. The molecule has 0 saturated heterocycles. The van der Waals surface area contributed by atoms with E-state index < -0.39 is 5.97 Å². The van der Waals surface area contributed by atoms with Gasteiger partial charge in [-0.1, -0.05) is 0 Å². The van der Waals surface area contributed by atoms with Crippen LogP contribution in [0.1, 0.15) is 5.69 Å². The van der Waals surface area contributed by atoms with Crippen molar-refractivity contribution in [3.05, 3.63) is 18.2 Å². The van der Waals surface area contributed by atoms with Crippen LogP contribution in [0.25, 0.3) is 0 Å². The first-order valence-electron chi connectivity index (χ1n) is 3.30. The Morgan fingerprint density at radius 2 is 2.50 bits per heavy atom. The molecule has 0 atom stereocenters. The highest BCUT2D eigenvalue weighted by Gasteiger charge is 1.92. The molecule has 1 aromatic rings. The number of nitrogens with zero attached hydrogens (tertiary/aromatic N) is 2. The summed E-state index contributed by atoms with van der Waals surface area (Å²) in [5, 5.41) is 0. The number of carbonyl (C=O) groups is 1. The standard InChI is InChI=1S/C8H8N2O2/c1-10-5-7(9-6-10)3-4-8(11)12-2/h5-6H,1-2H3. The Kier molecular flexibility index (Phi) is 2.49. The highest BCUT2D eigenvalue weighted by Crippen LogP contribution is 1.89. The normalized spacial score (nSPS) is 8.50. The molecule has 0 saturated carbocycles. The van der Waals surface area contributed by atoms with Crippen molar-refractivity contribution in [2.75, 3.05) is 7.11 Å². The number of aromatic nitrogens is 2. The first-order chi connectivity index (χ1) is 5.72. The largest absolute Gasteiger partial charge is 0.459 e. The van der Waals surface area contributed by atoms with Crippen LogP contribution in [-0.4, -0.2) is 22.6 Å². The van der Waals surface area contributed by atoms with Gasteiger partial charge in [0.1, 0.15) is 5.69 Å². The van der Waals surface area contributed by atoms with Crippen molar-refractivity contribution in [1.29, 1.82) is 0 Å². The minimum Gasteiger partial charge on any atom is -0.459 e. The van der Waals surface area contributed by atoms with Crippen molar-refractivity contribution >= 4 is 5.97 Å². The molecule has 0 unspecified atom stereocenters. The van der Waals surface area contributed by atoms with Gasteiger partial charge in [-0.15, -0.1) is 0 Å². The predicted octanol–water partition coefficient (Wildman–Crippen LogP) is -0.0554. The van der Waals surface area contributed by atoms with Gasteiger partial charge in [0.25, 0.3) is 0 Å². The molecule has 12 heavy (non-hydrogen) atoms. The molecule has 0 aromatic carbocycles. The second-order valence-corrected chi connectivity index (χ2v) is 2.17. The van der Waals surface area contributed by atoms with Crippen LogP contribution >= 0.6 is 0 Å². The monoisotopic (exact) mass is 164 g/mol. The quantitative estimate of drug-likeness (QED) is 0.398. The molecular weight excluding hydrogens is 156 g/mol. The van der Waals surface area contributed by atoms with Gasteiger partial charge in [-0.05, 0) is 5.92 Å². The van der Waals surface area contributed by atoms with Crippen LogP contribution in [0.4, 0.5) is 0 Å². The summed E-state index contributed by atoms with van der Waals surface area (Å²) < 4.78 is 6.08. The van der Waals surface area contributed by atoms with Gasteiger partial charge in [0.2, 0.25) is 0 Å². The number of hydrogen-bond donors (Lipinski definition) is 0. The molecule has 0 N–H and O–H groups in total. The average molecular weight is 164 g/mol. The third kappa shape index (κ3) is 2.13. The maximum absolute atomic E-state index is 10.6. The van der Waals surface area contributed by atoms with Crippen LogP contribution < -0.4 is 0 Å². The highest BCUT2D eigenvalue weighted by atomic mass is 16.5. The Balaban J connectivity index is 2.73. The summed E-state index contributed by atoms with van der Waals surface area (Å²) in [4.78, 5) is 14.5. The van der Waals surface area contributed by atoms with E-state index in [-0.39, 0.29) is 0 Å². The molecule has 4 nitrogen and oxygen atoms in total. The number of methoxy groups -OCH3 is 1. The van der Waals surface area contributed by atoms with Crippen molar-refractivity contribution in [2.24, 2.45) is 7.05 Å². The van der Waals surface area contributed by atoms with E-state index in [1.54, 1.807) is 17.1 Å². The molecule has 4 heteroatoms. The fraction of sp³-hybridized carbons (Fsp3) is 0.250. The van der Waals surface area contributed by atoms with Crippen molar-refractivity contribution in [1.82, 2.24) is 9.55 Å². The van der Waals surface area contributed by atoms with E-state index in [0.29, 0.717) is 5.69 Å². The minimum absolute atomic E-state index is 0.555. The summed E-state index contributed by atoms with van der Waals surface area (Å²) in [6, 6.07) is 0. The molecule has 0 fully saturated rings. The Morgan fingerprint density at radius 1 is 1.75 bits per heavy atom. The van der Waals surface area contributed by atoms with Gasteiger partial charge in [0.05, 0.1) is 13.4 Å². The molecule has 0 amide bonds. The van der Waals surface area contributed by atoms with E-state index >= 15 is 0 Å². The lowest BCUT2D eigenvalue weighted by atomic mass is 10.4. The predicted molar refractivity (Wildman–Crippen MR) is 42.1 cm³/mol. The number of aryl methyl sites for hydroxylation is 1. The van der Waals surface area contributed by atoms with Crippen LogP contribution in [0.5, 0.6) is 0 Å². The van der Waals surface area contributed by atoms with Crippen molar-refractivity contribution in [3.63, 3.8) is 0 Å². The van der Waals surface area contributed by atoms with E-state index in [2.05, 4.69) is 21.6 Å². The summed E-state index contributed by atoms with van der Waals surface area (Å²) in [5.74, 6) is 4.28. The third-order valence-electron chi connectivity index (χ3n) is 1.18. The second-order valence-electron chi connectivity index (χ2n) is 2.17. The summed E-state index contributed by atoms with van der Waals surface area (Å²) in [6.07, 6.45) is 3.33. The Morgan fingerprint density at radius 3 is 3.00 bits per heavy atom. The van der Waals surface area contributed by atoms with Crippen LogP contribution in [-0.2, 0) is 16.6 Å². The maximum atomic E-state index is 10.6. The Hall–Kier alpha value is -1.76. The van der Waals surface area contributed by atoms with Gasteiger partial charge < -0.3 is 9.30 Å². The highest BCUT2D eigenvalue weighted by molar-refractivity contribution is 5.88. The molecule has 0 bridgehead atoms. The molecular formula is C8H8N2O2. The van der Waals surface area contributed by atoms with Crippen LogP contribution in [0.15, 0.2) is 12.5 Å². The lowest BCUT2D eigenvalue weighted by Gasteiger charge is -1.83. The van der Waals surface area contributed by atoms with Gasteiger partial charge >= 0.3 is 5.97 Å². The van der Waals surface area contributed by atoms with Crippen LogP contribution in [0.2, 0.25) is 0 Å². The molecule has 62 valence electrons. The van der Waals surface area contributed by atoms with Crippen molar-refractivity contribution in [2.45, 2.75) is 0 Å². The smallest absolute Gasteiger partial charge is 0.384 e. The molecule has 0 aliphatic rings. The summed E-state index contributed by atoms with van der Waals surface area (Å²) in [6.45, 7) is 0. The molecule has 0 radical (unpaired) electrons. The lowest BCUT2D eigenvalue weighted by Crippen LogP contribution is -1.94. The molecule has 1 rings (SSSR count). The fourth-order valence-corrected chi connectivity index (χ4v) is 0.643. The van der Waals surface area contributed by atoms with E-state index in [0.717, 1.165) is 0 Å². The first kappa shape index (κ1) is 8.34. The Bertz CT molecular complexity index is 343. The molecule has 1 aromatic heterocycles. The summed E-state index contributed by atoms with van der Waals surface area (Å²) in [7, 11) is 3.12. The zero-order chi connectivity index (χ0) is 8.97. The first-order valence-corrected chi connectivity index (χ1v) is 3.30. The fourth-order valence-electron chi connectivity index (χ4n) is 0.643. The minimum atomic E-state index is -0.555.